The summed E-state index contributed by atoms with van der Waals surface area (Å²) in [5, 5.41) is 23.1. The molecule has 0 aliphatic carbocycles. The van der Waals surface area contributed by atoms with Crippen LogP contribution in [0.25, 0.3) is 22.2 Å². The standard InChI is InChI=1S/C32H30N6O4/c1-20-33-19-28(34-20)22-9-11-24(12-10-22)35-31(30-26-18-25(38(41)42)13-14-27(26)36-32(30)40)23-7-5-21(6-8-23)15-17-37-16-3-2-4-29(37)39/h5-14,18-19,36,40H,2-4,15-17H2,1H3,(H,33,34). The molecule has 1 aliphatic heterocycles. The number of nitro benzene ring substituents is 1. The van der Waals surface area contributed by atoms with E-state index in [1.54, 1.807) is 12.3 Å². The largest absolute Gasteiger partial charge is 0.494 e. The Morgan fingerprint density at radius 3 is 2.55 bits per heavy atom. The van der Waals surface area contributed by atoms with Gasteiger partial charge in [0.1, 0.15) is 5.82 Å². The first-order chi connectivity index (χ1) is 20.4. The maximum atomic E-state index is 12.2. The number of carbonyl (C=O) groups excluding carboxylic acids is 1. The summed E-state index contributed by atoms with van der Waals surface area (Å²) in [6, 6.07) is 19.9. The molecule has 1 fully saturated rings. The van der Waals surface area contributed by atoms with Gasteiger partial charge in [0.15, 0.2) is 5.88 Å². The molecule has 5 aromatic rings. The summed E-state index contributed by atoms with van der Waals surface area (Å²) in [7, 11) is 0. The summed E-state index contributed by atoms with van der Waals surface area (Å²) in [4.78, 5) is 40.6. The monoisotopic (exact) mass is 562 g/mol. The normalized spacial score (nSPS) is 14.1. The van der Waals surface area contributed by atoms with Crippen LogP contribution in [0.4, 0.5) is 11.4 Å². The number of imidazole rings is 1. The minimum atomic E-state index is -0.456. The fraction of sp³-hybridized carbons (Fsp3) is 0.219. The average Bonchev–Trinajstić information content (AvgIpc) is 3.58. The molecule has 1 saturated heterocycles. The van der Waals surface area contributed by atoms with E-state index in [2.05, 4.69) is 15.0 Å². The fourth-order valence-electron chi connectivity index (χ4n) is 5.39. The maximum absolute atomic E-state index is 12.2. The number of aromatic amines is 2. The highest BCUT2D eigenvalue weighted by atomic mass is 16.6. The van der Waals surface area contributed by atoms with Crippen molar-refractivity contribution in [3.8, 4) is 17.1 Å². The van der Waals surface area contributed by atoms with Crippen LogP contribution in [0.15, 0.2) is 77.9 Å². The van der Waals surface area contributed by atoms with Gasteiger partial charge in [-0.1, -0.05) is 36.4 Å². The summed E-state index contributed by atoms with van der Waals surface area (Å²) < 4.78 is 0. The lowest BCUT2D eigenvalue weighted by Crippen LogP contribution is -2.36. The molecule has 0 bridgehead atoms. The van der Waals surface area contributed by atoms with Gasteiger partial charge in [0, 0.05) is 48.1 Å². The number of H-pyrrole nitrogens is 2. The molecule has 1 amide bonds. The predicted octanol–water partition coefficient (Wildman–Crippen LogP) is 6.20. The van der Waals surface area contributed by atoms with Gasteiger partial charge in [0.2, 0.25) is 5.91 Å². The van der Waals surface area contributed by atoms with Crippen molar-refractivity contribution in [3.05, 3.63) is 106 Å². The lowest BCUT2D eigenvalue weighted by Gasteiger charge is -2.26. The lowest BCUT2D eigenvalue weighted by molar-refractivity contribution is -0.384. The van der Waals surface area contributed by atoms with Crippen LogP contribution in [0.3, 0.4) is 0 Å². The van der Waals surface area contributed by atoms with E-state index < -0.39 is 4.92 Å². The number of aromatic hydroxyl groups is 1. The van der Waals surface area contributed by atoms with Gasteiger partial charge in [0.25, 0.3) is 5.69 Å². The Balaban J connectivity index is 1.38. The number of aromatic nitrogens is 3. The second kappa shape index (κ2) is 11.3. The van der Waals surface area contributed by atoms with Crippen molar-refractivity contribution in [2.24, 2.45) is 4.99 Å². The molecule has 6 rings (SSSR count). The first-order valence-corrected chi connectivity index (χ1v) is 13.9. The predicted molar refractivity (Wildman–Crippen MR) is 161 cm³/mol. The van der Waals surface area contributed by atoms with Gasteiger partial charge in [-0.3, -0.25) is 14.9 Å². The van der Waals surface area contributed by atoms with Crippen LogP contribution in [0.5, 0.6) is 5.88 Å². The topological polar surface area (TPSA) is 141 Å². The van der Waals surface area contributed by atoms with Crippen molar-refractivity contribution in [2.45, 2.75) is 32.6 Å². The SMILES string of the molecule is Cc1ncc(-c2ccc(N=C(c3ccc(CCN4CCCCC4=O)cc3)c3c(O)[nH]c4ccc([N+](=O)[O-])cc34)cc2)[nH]1. The van der Waals surface area contributed by atoms with E-state index >= 15 is 0 Å². The highest BCUT2D eigenvalue weighted by Gasteiger charge is 2.22. The van der Waals surface area contributed by atoms with Crippen molar-refractivity contribution in [1.82, 2.24) is 19.9 Å². The average molecular weight is 563 g/mol. The van der Waals surface area contributed by atoms with Gasteiger partial charge in [-0.25, -0.2) is 9.98 Å². The van der Waals surface area contributed by atoms with Crippen LogP contribution < -0.4 is 0 Å². The molecular weight excluding hydrogens is 532 g/mol. The van der Waals surface area contributed by atoms with Crippen molar-refractivity contribution in [2.75, 3.05) is 13.1 Å². The van der Waals surface area contributed by atoms with Crippen molar-refractivity contribution < 1.29 is 14.8 Å². The van der Waals surface area contributed by atoms with Crippen LogP contribution in [-0.2, 0) is 11.2 Å². The Hall–Kier alpha value is -5.25. The third-order valence-corrected chi connectivity index (χ3v) is 7.65. The number of fused-ring (bicyclic) bond motifs is 1. The molecule has 0 atom stereocenters. The third-order valence-electron chi connectivity index (χ3n) is 7.65. The van der Waals surface area contributed by atoms with E-state index in [1.807, 2.05) is 60.4 Å². The number of aryl methyl sites for hydroxylation is 1. The number of piperidine rings is 1. The van der Waals surface area contributed by atoms with Crippen LogP contribution in [0.1, 0.15) is 41.8 Å². The van der Waals surface area contributed by atoms with Gasteiger partial charge in [-0.2, -0.15) is 0 Å². The summed E-state index contributed by atoms with van der Waals surface area (Å²) in [6.07, 6.45) is 5.13. The van der Waals surface area contributed by atoms with E-state index in [1.165, 1.54) is 12.1 Å². The van der Waals surface area contributed by atoms with Crippen LogP contribution in [0, 0.1) is 17.0 Å². The molecule has 10 heteroatoms. The molecule has 10 nitrogen and oxygen atoms in total. The lowest BCUT2D eigenvalue weighted by atomic mass is 9.98. The number of nitrogens with zero attached hydrogens (tertiary/aromatic N) is 4. The summed E-state index contributed by atoms with van der Waals surface area (Å²) in [5.74, 6) is 0.913. The molecule has 212 valence electrons. The third kappa shape index (κ3) is 5.51. The number of hydrogen-bond donors (Lipinski definition) is 3. The van der Waals surface area contributed by atoms with E-state index in [-0.39, 0.29) is 17.5 Å². The zero-order valence-corrected chi connectivity index (χ0v) is 23.1. The van der Waals surface area contributed by atoms with Gasteiger partial charge in [-0.05, 0) is 55.5 Å². The molecule has 3 aromatic carbocycles. The van der Waals surface area contributed by atoms with E-state index in [0.29, 0.717) is 40.8 Å². The Morgan fingerprint density at radius 1 is 1.07 bits per heavy atom. The molecule has 1 aliphatic rings. The quantitative estimate of drug-likeness (QED) is 0.117. The van der Waals surface area contributed by atoms with Gasteiger partial charge in [-0.15, -0.1) is 0 Å². The molecule has 2 aromatic heterocycles. The first-order valence-electron chi connectivity index (χ1n) is 13.9. The van der Waals surface area contributed by atoms with Crippen molar-refractivity contribution >= 4 is 33.9 Å². The number of benzene rings is 3. The molecule has 42 heavy (non-hydrogen) atoms. The van der Waals surface area contributed by atoms with Gasteiger partial charge in [0.05, 0.1) is 33.8 Å². The fourth-order valence-corrected chi connectivity index (χ4v) is 5.39. The number of rotatable bonds is 8. The second-order valence-corrected chi connectivity index (χ2v) is 10.5. The minimum absolute atomic E-state index is 0.0797. The Morgan fingerprint density at radius 2 is 1.86 bits per heavy atom. The number of aliphatic imine (C=N–C) groups is 1. The number of hydrogen-bond acceptors (Lipinski definition) is 6. The summed E-state index contributed by atoms with van der Waals surface area (Å²) >= 11 is 0. The number of nitro groups is 1. The second-order valence-electron chi connectivity index (χ2n) is 10.5. The summed E-state index contributed by atoms with van der Waals surface area (Å²) in [6.45, 7) is 3.37. The smallest absolute Gasteiger partial charge is 0.270 e. The number of carbonyl (C=O) groups is 1. The highest BCUT2D eigenvalue weighted by molar-refractivity contribution is 6.22. The van der Waals surface area contributed by atoms with Gasteiger partial charge >= 0.3 is 0 Å². The van der Waals surface area contributed by atoms with Crippen LogP contribution >= 0.6 is 0 Å². The van der Waals surface area contributed by atoms with E-state index in [9.17, 15) is 20.0 Å². The number of likely N-dealkylation sites (tertiary alicyclic amines) is 1. The molecular formula is C32H30N6O4. The molecule has 0 unspecified atom stereocenters. The van der Waals surface area contributed by atoms with E-state index in [0.717, 1.165) is 54.0 Å². The Bertz CT molecular complexity index is 1800. The van der Waals surface area contributed by atoms with Crippen molar-refractivity contribution in [1.29, 1.82) is 0 Å². The van der Waals surface area contributed by atoms with Crippen molar-refractivity contribution in [3.63, 3.8) is 0 Å². The molecule has 0 saturated carbocycles. The molecule has 3 heterocycles. The van der Waals surface area contributed by atoms with Crippen LogP contribution in [-0.4, -0.2) is 54.6 Å². The maximum Gasteiger partial charge on any atom is 0.270 e. The number of amides is 1. The molecule has 0 radical (unpaired) electrons. The molecule has 3 N–H and O–H groups in total. The zero-order chi connectivity index (χ0) is 29.2. The minimum Gasteiger partial charge on any atom is -0.494 e. The molecule has 0 spiro atoms. The zero-order valence-electron chi connectivity index (χ0n) is 23.1. The number of non-ortho nitro benzene ring substituents is 1. The Labute approximate surface area is 241 Å². The summed E-state index contributed by atoms with van der Waals surface area (Å²) in [5.41, 5.74) is 5.66. The highest BCUT2D eigenvalue weighted by Crippen LogP contribution is 2.34. The Kier molecular flexibility index (Phi) is 7.26. The number of nitrogens with one attached hydrogen (secondary N) is 2. The van der Waals surface area contributed by atoms with Crippen LogP contribution in [0.2, 0.25) is 0 Å². The van der Waals surface area contributed by atoms with Gasteiger partial charge < -0.3 is 20.0 Å². The van der Waals surface area contributed by atoms with E-state index in [4.69, 9.17) is 4.99 Å². The first kappa shape index (κ1) is 26.9.